The van der Waals surface area contributed by atoms with Crippen molar-refractivity contribution in [2.24, 2.45) is 0 Å². The number of likely N-dealkylation sites (N-methyl/N-ethyl adjacent to an activating group) is 1. The first-order chi connectivity index (χ1) is 17.4. The summed E-state index contributed by atoms with van der Waals surface area (Å²) >= 11 is 1.40. The molecular weight excluding hydrogens is 502 g/mol. The Balaban J connectivity index is 1.63. The fraction of sp³-hybridized carbons (Fsp3) is 0.308. The van der Waals surface area contributed by atoms with E-state index in [4.69, 9.17) is 4.74 Å². The highest BCUT2D eigenvalue weighted by Crippen LogP contribution is 2.36. The zero-order chi connectivity index (χ0) is 26.6. The maximum absolute atomic E-state index is 14.4. The molecule has 3 heterocycles. The molecule has 1 aliphatic heterocycles. The lowest BCUT2D eigenvalue weighted by molar-refractivity contribution is 0.0142. The molecule has 1 atom stereocenters. The van der Waals surface area contributed by atoms with E-state index in [9.17, 15) is 23.2 Å². The van der Waals surface area contributed by atoms with Crippen LogP contribution in [0.25, 0.3) is 21.0 Å². The number of aromatic amines is 1. The molecule has 0 saturated heterocycles. The number of hydrogen-bond donors (Lipinski definition) is 1. The van der Waals surface area contributed by atoms with Gasteiger partial charge in [-0.05, 0) is 56.5 Å². The Kier molecular flexibility index (Phi) is 5.98. The van der Waals surface area contributed by atoms with Crippen LogP contribution in [0.15, 0.2) is 40.6 Å². The summed E-state index contributed by atoms with van der Waals surface area (Å²) < 4.78 is 34.8. The number of rotatable bonds is 2. The van der Waals surface area contributed by atoms with E-state index in [1.165, 1.54) is 21.1 Å². The molecule has 0 saturated carbocycles. The molecule has 8 nitrogen and oxygen atoms in total. The van der Waals surface area contributed by atoms with Gasteiger partial charge in [0.2, 0.25) is 0 Å². The SMILES string of the molecule is CN(C(=O)c1ccc2ncsc2c1)C1CN(C(=O)OC(C)(C)C)Cc2[nH]c(=O)c3cc(F)c(F)cc3c21. The Hall–Kier alpha value is -3.86. The van der Waals surface area contributed by atoms with Crippen LogP contribution in [0, 0.1) is 11.6 Å². The molecule has 192 valence electrons. The summed E-state index contributed by atoms with van der Waals surface area (Å²) in [5.41, 5.74) is 2.24. The first-order valence-corrected chi connectivity index (χ1v) is 12.4. The molecule has 5 rings (SSSR count). The van der Waals surface area contributed by atoms with E-state index in [0.717, 1.165) is 22.3 Å². The average molecular weight is 527 g/mol. The van der Waals surface area contributed by atoms with Crippen LogP contribution in [-0.2, 0) is 11.3 Å². The number of aromatic nitrogens is 2. The lowest BCUT2D eigenvalue weighted by atomic mass is 9.92. The van der Waals surface area contributed by atoms with Crippen molar-refractivity contribution in [1.82, 2.24) is 19.8 Å². The van der Waals surface area contributed by atoms with Gasteiger partial charge in [0.1, 0.15) is 5.60 Å². The molecule has 2 aromatic heterocycles. The van der Waals surface area contributed by atoms with Gasteiger partial charge in [-0.3, -0.25) is 14.5 Å². The van der Waals surface area contributed by atoms with Gasteiger partial charge in [0.15, 0.2) is 11.6 Å². The van der Waals surface area contributed by atoms with Crippen molar-refractivity contribution >= 4 is 44.3 Å². The molecule has 2 amide bonds. The second-order valence-corrected chi connectivity index (χ2v) is 10.9. The Labute approximate surface area is 214 Å². The van der Waals surface area contributed by atoms with Crippen LogP contribution >= 0.6 is 11.3 Å². The van der Waals surface area contributed by atoms with Crippen LogP contribution in [0.5, 0.6) is 0 Å². The van der Waals surface area contributed by atoms with E-state index in [1.54, 1.807) is 51.5 Å². The standard InChI is InChI=1S/C26H24F2N4O4S/c1-26(2,3)36-25(35)32-10-19-22(14-8-16(27)17(28)9-15(14)23(33)30-19)20(11-32)31(4)24(34)13-5-6-18-21(7-13)37-12-29-18/h5-9,12,20H,10-11H2,1-4H3,(H,30,33). The number of fused-ring (bicyclic) bond motifs is 4. The Morgan fingerprint density at radius 1 is 1.16 bits per heavy atom. The van der Waals surface area contributed by atoms with E-state index in [1.807, 2.05) is 0 Å². The van der Waals surface area contributed by atoms with E-state index < -0.39 is 34.9 Å². The molecule has 37 heavy (non-hydrogen) atoms. The van der Waals surface area contributed by atoms with Crippen molar-refractivity contribution < 1.29 is 23.1 Å². The van der Waals surface area contributed by atoms with Crippen LogP contribution in [0.2, 0.25) is 0 Å². The monoisotopic (exact) mass is 526 g/mol. The van der Waals surface area contributed by atoms with Gasteiger partial charge in [-0.1, -0.05) is 0 Å². The summed E-state index contributed by atoms with van der Waals surface area (Å²) in [5, 5.41) is 0.143. The number of pyridine rings is 1. The lowest BCUT2D eigenvalue weighted by Gasteiger charge is -2.39. The highest BCUT2D eigenvalue weighted by atomic mass is 32.1. The van der Waals surface area contributed by atoms with Crippen molar-refractivity contribution in [3.05, 3.63) is 74.7 Å². The normalized spacial score (nSPS) is 15.6. The van der Waals surface area contributed by atoms with Crippen LogP contribution in [0.4, 0.5) is 13.6 Å². The number of halogens is 2. The second-order valence-electron chi connectivity index (χ2n) is 9.99. The lowest BCUT2D eigenvalue weighted by Crippen LogP contribution is -2.47. The van der Waals surface area contributed by atoms with Crippen molar-refractivity contribution in [3.8, 4) is 0 Å². The van der Waals surface area contributed by atoms with Crippen LogP contribution in [0.1, 0.15) is 48.4 Å². The van der Waals surface area contributed by atoms with E-state index in [-0.39, 0.29) is 29.8 Å². The number of amides is 2. The number of thiazole rings is 1. The van der Waals surface area contributed by atoms with E-state index >= 15 is 0 Å². The molecule has 0 bridgehead atoms. The number of hydrogen-bond acceptors (Lipinski definition) is 6. The molecule has 0 fully saturated rings. The minimum Gasteiger partial charge on any atom is -0.444 e. The first kappa shape index (κ1) is 24.8. The summed E-state index contributed by atoms with van der Waals surface area (Å²) in [6, 6.07) is 6.18. The van der Waals surface area contributed by atoms with Crippen molar-refractivity contribution in [3.63, 3.8) is 0 Å². The molecular formula is C26H24F2N4O4S. The smallest absolute Gasteiger partial charge is 0.410 e. The third kappa shape index (κ3) is 4.55. The fourth-order valence-corrected chi connectivity index (χ4v) is 5.28. The maximum atomic E-state index is 14.4. The molecule has 0 aliphatic carbocycles. The molecule has 1 unspecified atom stereocenters. The number of carbonyl (C=O) groups is 2. The molecule has 1 N–H and O–H groups in total. The highest BCUT2D eigenvalue weighted by molar-refractivity contribution is 7.16. The summed E-state index contributed by atoms with van der Waals surface area (Å²) in [6.45, 7) is 5.20. The van der Waals surface area contributed by atoms with Gasteiger partial charge in [0.25, 0.3) is 11.5 Å². The summed E-state index contributed by atoms with van der Waals surface area (Å²) in [4.78, 5) is 49.2. The minimum absolute atomic E-state index is 0.0209. The largest absolute Gasteiger partial charge is 0.444 e. The summed E-state index contributed by atoms with van der Waals surface area (Å²) in [5.74, 6) is -2.61. The minimum atomic E-state index is -1.15. The first-order valence-electron chi connectivity index (χ1n) is 11.5. The Morgan fingerprint density at radius 3 is 2.57 bits per heavy atom. The zero-order valence-corrected chi connectivity index (χ0v) is 21.4. The van der Waals surface area contributed by atoms with Crippen molar-refractivity contribution in [2.45, 2.75) is 39.0 Å². The molecule has 0 radical (unpaired) electrons. The molecule has 11 heteroatoms. The zero-order valence-electron chi connectivity index (χ0n) is 20.6. The average Bonchev–Trinajstić information content (AvgIpc) is 3.30. The topological polar surface area (TPSA) is 95.6 Å². The number of benzene rings is 2. The number of ether oxygens (including phenoxy) is 1. The Morgan fingerprint density at radius 2 is 1.86 bits per heavy atom. The third-order valence-electron chi connectivity index (χ3n) is 6.28. The summed E-state index contributed by atoms with van der Waals surface area (Å²) in [7, 11) is 1.57. The second kappa shape index (κ2) is 8.91. The summed E-state index contributed by atoms with van der Waals surface area (Å²) in [6.07, 6.45) is -0.624. The number of nitrogens with one attached hydrogen (secondary N) is 1. The van der Waals surface area contributed by atoms with Gasteiger partial charge in [-0.2, -0.15) is 0 Å². The number of H-pyrrole nitrogens is 1. The van der Waals surface area contributed by atoms with Gasteiger partial charge in [0.05, 0.1) is 33.7 Å². The van der Waals surface area contributed by atoms with Gasteiger partial charge >= 0.3 is 6.09 Å². The fourth-order valence-electron chi connectivity index (χ4n) is 4.57. The maximum Gasteiger partial charge on any atom is 0.410 e. The number of carbonyl (C=O) groups excluding carboxylic acids is 2. The predicted molar refractivity (Wildman–Crippen MR) is 136 cm³/mol. The third-order valence-corrected chi connectivity index (χ3v) is 7.07. The van der Waals surface area contributed by atoms with Crippen molar-refractivity contribution in [1.29, 1.82) is 0 Å². The van der Waals surface area contributed by atoms with Gasteiger partial charge in [0, 0.05) is 30.4 Å². The van der Waals surface area contributed by atoms with E-state index in [0.29, 0.717) is 16.8 Å². The quantitative estimate of drug-likeness (QED) is 0.398. The molecule has 4 aromatic rings. The van der Waals surface area contributed by atoms with Crippen molar-refractivity contribution in [2.75, 3.05) is 13.6 Å². The van der Waals surface area contributed by atoms with E-state index in [2.05, 4.69) is 9.97 Å². The van der Waals surface area contributed by atoms with Crippen LogP contribution in [0.3, 0.4) is 0 Å². The predicted octanol–water partition coefficient (Wildman–Crippen LogP) is 4.98. The van der Waals surface area contributed by atoms with Gasteiger partial charge < -0.3 is 14.6 Å². The molecule has 2 aromatic carbocycles. The number of nitrogens with zero attached hydrogens (tertiary/aromatic N) is 3. The van der Waals surface area contributed by atoms with Crippen LogP contribution < -0.4 is 5.56 Å². The molecule has 1 aliphatic rings. The highest BCUT2D eigenvalue weighted by Gasteiger charge is 2.37. The van der Waals surface area contributed by atoms with Gasteiger partial charge in [-0.25, -0.2) is 18.6 Å². The van der Waals surface area contributed by atoms with Crippen LogP contribution in [-0.4, -0.2) is 51.0 Å². The molecule has 0 spiro atoms. The Bertz CT molecular complexity index is 1620. The van der Waals surface area contributed by atoms with Gasteiger partial charge in [-0.15, -0.1) is 11.3 Å².